The zero-order chi connectivity index (χ0) is 21.0. The van der Waals surface area contributed by atoms with E-state index in [0.29, 0.717) is 29.6 Å². The van der Waals surface area contributed by atoms with Crippen molar-refractivity contribution in [3.8, 4) is 0 Å². The van der Waals surface area contributed by atoms with Crippen molar-refractivity contribution in [3.63, 3.8) is 0 Å². The highest BCUT2D eigenvalue weighted by Crippen LogP contribution is 2.28. The van der Waals surface area contributed by atoms with E-state index in [4.69, 9.17) is 4.74 Å². The molecule has 0 spiro atoms. The van der Waals surface area contributed by atoms with Crippen molar-refractivity contribution in [2.45, 2.75) is 25.7 Å². The minimum absolute atomic E-state index is 0.278. The molecule has 3 aromatic rings. The fourth-order valence-electron chi connectivity index (χ4n) is 2.80. The summed E-state index contributed by atoms with van der Waals surface area (Å²) in [6, 6.07) is 6.34. The first-order valence-electron chi connectivity index (χ1n) is 8.77. The lowest BCUT2D eigenvalue weighted by molar-refractivity contribution is -0.141. The second-order valence-electron chi connectivity index (χ2n) is 6.32. The summed E-state index contributed by atoms with van der Waals surface area (Å²) in [5.41, 5.74) is -0.235. The average Bonchev–Trinajstić information content (AvgIpc) is 3.08. The summed E-state index contributed by atoms with van der Waals surface area (Å²) in [5, 5.41) is 17.3. The third-order valence-corrected chi connectivity index (χ3v) is 4.20. The number of ether oxygens (including phenoxy) is 1. The van der Waals surface area contributed by atoms with Crippen molar-refractivity contribution in [2.75, 3.05) is 19.0 Å². The number of nitrogens with one attached hydrogen (secondary N) is 1. The van der Waals surface area contributed by atoms with E-state index in [1.807, 2.05) is 0 Å². The molecular formula is C19H19F3N4O3. The highest BCUT2D eigenvalue weighted by molar-refractivity contribution is 6.04. The molecule has 0 fully saturated rings. The molecule has 3 rings (SSSR count). The lowest BCUT2D eigenvalue weighted by Crippen LogP contribution is -2.17. The van der Waals surface area contributed by atoms with Crippen molar-refractivity contribution < 1.29 is 27.8 Å². The molecule has 0 aliphatic rings. The first-order chi connectivity index (χ1) is 13.8. The number of aryl methyl sites for hydroxylation is 1. The fraction of sp³-hybridized carbons (Fsp3) is 0.316. The van der Waals surface area contributed by atoms with Crippen LogP contribution in [0.1, 0.15) is 28.2 Å². The van der Waals surface area contributed by atoms with Gasteiger partial charge in [0, 0.05) is 43.1 Å². The molecule has 0 unspecified atom stereocenters. The standard InChI is InChI=1S/C19H19F3N4O3/c1-29-7-3-6-26-10-12-8-15(13(11-27)9-16(12)25-26)24-18(28)14-4-2-5-17(23-14)19(20,21)22/h2,4-5,8-10,27H,3,6-7,11H2,1H3,(H,24,28). The van der Waals surface area contributed by atoms with Gasteiger partial charge in [0.2, 0.25) is 0 Å². The third-order valence-electron chi connectivity index (χ3n) is 4.20. The summed E-state index contributed by atoms with van der Waals surface area (Å²) in [6.45, 7) is 0.842. The summed E-state index contributed by atoms with van der Waals surface area (Å²) >= 11 is 0. The molecule has 1 amide bonds. The van der Waals surface area contributed by atoms with Gasteiger partial charge < -0.3 is 15.2 Å². The number of rotatable bonds is 7. The van der Waals surface area contributed by atoms with Crippen LogP contribution >= 0.6 is 0 Å². The van der Waals surface area contributed by atoms with Crippen molar-refractivity contribution in [1.82, 2.24) is 14.8 Å². The molecule has 1 aromatic carbocycles. The molecule has 2 heterocycles. The SMILES string of the molecule is COCCCn1cc2cc(NC(=O)c3cccc(C(F)(F)F)n3)c(CO)cc2n1. The maximum atomic E-state index is 12.8. The van der Waals surface area contributed by atoms with Gasteiger partial charge in [-0.1, -0.05) is 6.07 Å². The van der Waals surface area contributed by atoms with Crippen LogP contribution in [-0.4, -0.2) is 39.5 Å². The van der Waals surface area contributed by atoms with Crippen molar-refractivity contribution in [3.05, 3.63) is 53.5 Å². The lowest BCUT2D eigenvalue weighted by atomic mass is 10.1. The largest absolute Gasteiger partial charge is 0.433 e. The Labute approximate surface area is 164 Å². The van der Waals surface area contributed by atoms with Crippen LogP contribution in [0.3, 0.4) is 0 Å². The Morgan fingerprint density at radius 1 is 1.31 bits per heavy atom. The third kappa shape index (κ3) is 4.90. The summed E-state index contributed by atoms with van der Waals surface area (Å²) in [4.78, 5) is 15.8. The first kappa shape index (κ1) is 20.7. The van der Waals surface area contributed by atoms with Crippen LogP contribution in [0.2, 0.25) is 0 Å². The summed E-state index contributed by atoms with van der Waals surface area (Å²) in [5.74, 6) is -0.808. The van der Waals surface area contributed by atoms with Gasteiger partial charge in [0.15, 0.2) is 0 Å². The number of anilines is 1. The lowest BCUT2D eigenvalue weighted by Gasteiger charge is -2.11. The second-order valence-corrected chi connectivity index (χ2v) is 6.32. The Morgan fingerprint density at radius 2 is 2.10 bits per heavy atom. The Morgan fingerprint density at radius 3 is 2.79 bits per heavy atom. The fourth-order valence-corrected chi connectivity index (χ4v) is 2.80. The van der Waals surface area contributed by atoms with E-state index < -0.39 is 17.8 Å². The van der Waals surface area contributed by atoms with Gasteiger partial charge >= 0.3 is 6.18 Å². The number of benzene rings is 1. The molecular weight excluding hydrogens is 389 g/mol. The molecule has 2 N–H and O–H groups in total. The van der Waals surface area contributed by atoms with Gasteiger partial charge in [-0.15, -0.1) is 0 Å². The molecule has 0 aliphatic carbocycles. The number of alkyl halides is 3. The predicted molar refractivity (Wildman–Crippen MR) is 99.3 cm³/mol. The van der Waals surface area contributed by atoms with E-state index in [0.717, 1.165) is 18.6 Å². The maximum Gasteiger partial charge on any atom is 0.433 e. The topological polar surface area (TPSA) is 89.3 Å². The zero-order valence-corrected chi connectivity index (χ0v) is 15.5. The summed E-state index contributed by atoms with van der Waals surface area (Å²) < 4.78 is 45.2. The number of hydrogen-bond acceptors (Lipinski definition) is 5. The molecule has 2 aromatic heterocycles. The number of carbonyl (C=O) groups is 1. The average molecular weight is 408 g/mol. The van der Waals surface area contributed by atoms with Gasteiger partial charge in [0.25, 0.3) is 5.91 Å². The molecule has 0 atom stereocenters. The highest BCUT2D eigenvalue weighted by atomic mass is 19.4. The van der Waals surface area contributed by atoms with Crippen LogP contribution in [0.5, 0.6) is 0 Å². The predicted octanol–water partition coefficient (Wildman–Crippen LogP) is 3.23. The van der Waals surface area contributed by atoms with E-state index in [2.05, 4.69) is 15.4 Å². The van der Waals surface area contributed by atoms with Gasteiger partial charge in [-0.2, -0.15) is 18.3 Å². The molecule has 0 aliphatic heterocycles. The minimum atomic E-state index is -4.65. The first-order valence-corrected chi connectivity index (χ1v) is 8.77. The summed E-state index contributed by atoms with van der Waals surface area (Å²) in [6.07, 6.45) is -2.10. The van der Waals surface area contributed by atoms with Gasteiger partial charge in [-0.05, 0) is 30.7 Å². The van der Waals surface area contributed by atoms with Crippen LogP contribution in [0.25, 0.3) is 10.9 Å². The highest BCUT2D eigenvalue weighted by Gasteiger charge is 2.33. The normalized spacial score (nSPS) is 11.8. The van der Waals surface area contributed by atoms with Crippen LogP contribution in [0.4, 0.5) is 18.9 Å². The number of halogens is 3. The van der Waals surface area contributed by atoms with Crippen LogP contribution in [0, 0.1) is 0 Å². The number of aromatic nitrogens is 3. The van der Waals surface area contributed by atoms with Crippen molar-refractivity contribution in [2.24, 2.45) is 0 Å². The molecule has 0 saturated heterocycles. The number of amides is 1. The number of hydrogen-bond donors (Lipinski definition) is 2. The number of pyridine rings is 1. The van der Waals surface area contributed by atoms with E-state index >= 15 is 0 Å². The van der Waals surface area contributed by atoms with E-state index in [9.17, 15) is 23.1 Å². The number of fused-ring (bicyclic) bond motifs is 1. The minimum Gasteiger partial charge on any atom is -0.392 e. The number of nitrogens with zero attached hydrogens (tertiary/aromatic N) is 3. The van der Waals surface area contributed by atoms with Gasteiger partial charge in [-0.3, -0.25) is 9.48 Å². The van der Waals surface area contributed by atoms with E-state index in [-0.39, 0.29) is 18.0 Å². The molecule has 0 saturated carbocycles. The Hall–Kier alpha value is -2.98. The number of carbonyl (C=O) groups excluding carboxylic acids is 1. The monoisotopic (exact) mass is 408 g/mol. The zero-order valence-electron chi connectivity index (χ0n) is 15.5. The van der Waals surface area contributed by atoms with E-state index in [1.165, 1.54) is 6.07 Å². The van der Waals surface area contributed by atoms with Crippen LogP contribution in [0.15, 0.2) is 36.5 Å². The Bertz CT molecular complexity index is 1020. The maximum absolute atomic E-state index is 12.8. The number of methoxy groups -OCH3 is 1. The van der Waals surface area contributed by atoms with Gasteiger partial charge in [-0.25, -0.2) is 4.98 Å². The van der Waals surface area contributed by atoms with Crippen LogP contribution in [-0.2, 0) is 24.1 Å². The number of aliphatic hydroxyl groups is 1. The second kappa shape index (κ2) is 8.58. The summed E-state index contributed by atoms with van der Waals surface area (Å²) in [7, 11) is 1.61. The Kier molecular flexibility index (Phi) is 6.14. The molecule has 29 heavy (non-hydrogen) atoms. The Balaban J connectivity index is 1.86. The molecule has 0 radical (unpaired) electrons. The quantitative estimate of drug-likeness (QED) is 0.586. The number of aliphatic hydroxyl groups excluding tert-OH is 1. The van der Waals surface area contributed by atoms with Gasteiger partial charge in [0.05, 0.1) is 12.1 Å². The van der Waals surface area contributed by atoms with Crippen molar-refractivity contribution in [1.29, 1.82) is 0 Å². The smallest absolute Gasteiger partial charge is 0.392 e. The van der Waals surface area contributed by atoms with Crippen LogP contribution < -0.4 is 5.32 Å². The molecule has 7 nitrogen and oxygen atoms in total. The van der Waals surface area contributed by atoms with E-state index in [1.54, 1.807) is 30.1 Å². The molecule has 154 valence electrons. The van der Waals surface area contributed by atoms with Gasteiger partial charge in [0.1, 0.15) is 11.4 Å². The molecule has 0 bridgehead atoms. The molecule has 10 heteroatoms. The van der Waals surface area contributed by atoms with Crippen molar-refractivity contribution >= 4 is 22.5 Å².